The molecule has 2 rings (SSSR count). The maximum absolute atomic E-state index is 12.3. The van der Waals surface area contributed by atoms with Gasteiger partial charge in [0.05, 0.1) is 26.2 Å². The quantitative estimate of drug-likeness (QED) is 0.750. The first kappa shape index (κ1) is 19.8. The first-order chi connectivity index (χ1) is 12.5. The maximum atomic E-state index is 12.3. The summed E-state index contributed by atoms with van der Waals surface area (Å²) in [5.41, 5.74) is 2.11. The van der Waals surface area contributed by atoms with E-state index < -0.39 is 0 Å². The third-order valence-corrected chi connectivity index (χ3v) is 4.22. The van der Waals surface area contributed by atoms with E-state index in [1.165, 1.54) is 0 Å². The Bertz CT molecular complexity index is 681. The van der Waals surface area contributed by atoms with E-state index >= 15 is 0 Å². The van der Waals surface area contributed by atoms with Gasteiger partial charge in [0.1, 0.15) is 11.5 Å². The molecule has 26 heavy (non-hydrogen) atoms. The number of likely N-dealkylation sites (N-methyl/N-ethyl adjacent to an activating group) is 1. The summed E-state index contributed by atoms with van der Waals surface area (Å²) in [6, 6.07) is 15.7. The van der Waals surface area contributed by atoms with Crippen molar-refractivity contribution in [2.45, 2.75) is 19.4 Å². The lowest BCUT2D eigenvalue weighted by atomic mass is 10.1. The number of benzene rings is 2. The molecule has 0 aromatic heterocycles. The van der Waals surface area contributed by atoms with Crippen LogP contribution in [0.2, 0.25) is 0 Å². The van der Waals surface area contributed by atoms with Crippen LogP contribution in [0.4, 0.5) is 0 Å². The van der Waals surface area contributed by atoms with Crippen molar-refractivity contribution in [1.82, 2.24) is 10.2 Å². The molecule has 0 fully saturated rings. The number of ether oxygens (including phenoxy) is 2. The van der Waals surface area contributed by atoms with Crippen molar-refractivity contribution >= 4 is 5.91 Å². The molecule has 1 atom stereocenters. The molecule has 0 aliphatic heterocycles. The third-order valence-electron chi connectivity index (χ3n) is 4.22. The highest BCUT2D eigenvalue weighted by molar-refractivity contribution is 5.78. The third kappa shape index (κ3) is 5.77. The summed E-state index contributed by atoms with van der Waals surface area (Å²) in [4.78, 5) is 14.4. The second-order valence-corrected chi connectivity index (χ2v) is 6.31. The zero-order chi connectivity index (χ0) is 18.9. The lowest BCUT2D eigenvalue weighted by Gasteiger charge is -2.25. The molecule has 1 unspecified atom stereocenters. The highest BCUT2D eigenvalue weighted by Crippen LogP contribution is 2.20. The number of hydrogen-bond donors (Lipinski definition) is 1. The van der Waals surface area contributed by atoms with Gasteiger partial charge in [-0.25, -0.2) is 0 Å². The minimum Gasteiger partial charge on any atom is -0.497 e. The van der Waals surface area contributed by atoms with Crippen molar-refractivity contribution < 1.29 is 14.3 Å². The molecule has 5 heteroatoms. The maximum Gasteiger partial charge on any atom is 0.224 e. The lowest BCUT2D eigenvalue weighted by Crippen LogP contribution is -2.35. The molecule has 1 amide bonds. The van der Waals surface area contributed by atoms with E-state index in [9.17, 15) is 4.79 Å². The summed E-state index contributed by atoms with van der Waals surface area (Å²) >= 11 is 0. The summed E-state index contributed by atoms with van der Waals surface area (Å²) in [5.74, 6) is 1.66. The summed E-state index contributed by atoms with van der Waals surface area (Å²) in [7, 11) is 5.67. The van der Waals surface area contributed by atoms with Gasteiger partial charge in [-0.05, 0) is 56.4 Å². The second-order valence-electron chi connectivity index (χ2n) is 6.31. The standard InChI is InChI=1S/C21H28N2O3/c1-5-26-19-10-6-16(7-11-19)14-21(24)22-15-20(23(2)3)17-8-12-18(25-4)13-9-17/h6-13,20H,5,14-15H2,1-4H3,(H,22,24). The Morgan fingerprint density at radius 2 is 1.65 bits per heavy atom. The summed E-state index contributed by atoms with van der Waals surface area (Å²) in [6.07, 6.45) is 0.356. The summed E-state index contributed by atoms with van der Waals surface area (Å²) in [6.45, 7) is 3.14. The zero-order valence-corrected chi connectivity index (χ0v) is 16.0. The molecule has 5 nitrogen and oxygen atoms in total. The molecule has 140 valence electrons. The Kier molecular flexibility index (Phi) is 7.48. The normalized spacial score (nSPS) is 11.9. The second kappa shape index (κ2) is 9.82. The van der Waals surface area contributed by atoms with E-state index in [4.69, 9.17) is 9.47 Å². The van der Waals surface area contributed by atoms with Crippen LogP contribution in [0.3, 0.4) is 0 Å². The molecule has 0 aliphatic carbocycles. The van der Waals surface area contributed by atoms with E-state index in [1.54, 1.807) is 7.11 Å². The Hall–Kier alpha value is -2.53. The molecule has 0 spiro atoms. The molecule has 0 bridgehead atoms. The average Bonchev–Trinajstić information content (AvgIpc) is 2.64. The Balaban J connectivity index is 1.92. The number of carbonyl (C=O) groups excluding carboxylic acids is 1. The fraction of sp³-hybridized carbons (Fsp3) is 0.381. The van der Waals surface area contributed by atoms with Crippen molar-refractivity contribution in [2.24, 2.45) is 0 Å². The van der Waals surface area contributed by atoms with Crippen LogP contribution in [0.1, 0.15) is 24.1 Å². The van der Waals surface area contributed by atoms with Gasteiger partial charge in [0, 0.05) is 6.54 Å². The Labute approximate surface area is 155 Å². The van der Waals surface area contributed by atoms with Crippen molar-refractivity contribution in [2.75, 3.05) is 34.4 Å². The van der Waals surface area contributed by atoms with Crippen molar-refractivity contribution in [3.8, 4) is 11.5 Å². The summed E-state index contributed by atoms with van der Waals surface area (Å²) < 4.78 is 10.6. The van der Waals surface area contributed by atoms with Crippen LogP contribution in [0, 0.1) is 0 Å². The molecular formula is C21H28N2O3. The van der Waals surface area contributed by atoms with E-state index in [0.29, 0.717) is 19.6 Å². The van der Waals surface area contributed by atoms with Crippen molar-refractivity contribution in [3.63, 3.8) is 0 Å². The van der Waals surface area contributed by atoms with Crippen LogP contribution in [-0.4, -0.2) is 45.2 Å². The van der Waals surface area contributed by atoms with Gasteiger partial charge in [-0.1, -0.05) is 24.3 Å². The van der Waals surface area contributed by atoms with Gasteiger partial charge in [0.25, 0.3) is 0 Å². The number of nitrogens with one attached hydrogen (secondary N) is 1. The smallest absolute Gasteiger partial charge is 0.224 e. The predicted molar refractivity (Wildman–Crippen MR) is 104 cm³/mol. The fourth-order valence-corrected chi connectivity index (χ4v) is 2.75. The largest absolute Gasteiger partial charge is 0.497 e. The van der Waals surface area contributed by atoms with Crippen LogP contribution in [0.5, 0.6) is 11.5 Å². The van der Waals surface area contributed by atoms with Gasteiger partial charge < -0.3 is 19.7 Å². The van der Waals surface area contributed by atoms with E-state index in [1.807, 2.05) is 69.6 Å². The first-order valence-corrected chi connectivity index (χ1v) is 8.82. The minimum absolute atomic E-state index is 0.00882. The van der Waals surface area contributed by atoms with Crippen LogP contribution in [0.15, 0.2) is 48.5 Å². The fourth-order valence-electron chi connectivity index (χ4n) is 2.75. The lowest BCUT2D eigenvalue weighted by molar-refractivity contribution is -0.120. The molecule has 0 aliphatic rings. The van der Waals surface area contributed by atoms with Gasteiger partial charge >= 0.3 is 0 Å². The Morgan fingerprint density at radius 3 is 2.19 bits per heavy atom. The molecule has 0 saturated heterocycles. The highest BCUT2D eigenvalue weighted by Gasteiger charge is 2.15. The van der Waals surface area contributed by atoms with Gasteiger partial charge in [0.2, 0.25) is 5.91 Å². The zero-order valence-electron chi connectivity index (χ0n) is 16.0. The monoisotopic (exact) mass is 356 g/mol. The molecule has 2 aromatic carbocycles. The number of hydrogen-bond acceptors (Lipinski definition) is 4. The number of amides is 1. The van der Waals surface area contributed by atoms with Gasteiger partial charge in [-0.15, -0.1) is 0 Å². The van der Waals surface area contributed by atoms with E-state index in [0.717, 1.165) is 22.6 Å². The Morgan fingerprint density at radius 1 is 1.04 bits per heavy atom. The van der Waals surface area contributed by atoms with E-state index in [2.05, 4.69) is 10.2 Å². The topological polar surface area (TPSA) is 50.8 Å². The SMILES string of the molecule is CCOc1ccc(CC(=O)NCC(c2ccc(OC)cc2)N(C)C)cc1. The molecule has 1 N–H and O–H groups in total. The predicted octanol–water partition coefficient (Wildman–Crippen LogP) is 3.06. The number of rotatable bonds is 9. The average molecular weight is 356 g/mol. The molecule has 2 aromatic rings. The minimum atomic E-state index is 0.00882. The van der Waals surface area contributed by atoms with Crippen molar-refractivity contribution in [3.05, 3.63) is 59.7 Å². The molecular weight excluding hydrogens is 328 g/mol. The molecule has 0 saturated carbocycles. The van der Waals surface area contributed by atoms with Crippen molar-refractivity contribution in [1.29, 1.82) is 0 Å². The molecule has 0 heterocycles. The summed E-state index contributed by atoms with van der Waals surface area (Å²) in [5, 5.41) is 3.04. The van der Waals surface area contributed by atoms with Crippen LogP contribution >= 0.6 is 0 Å². The number of carbonyl (C=O) groups is 1. The molecule has 0 radical (unpaired) electrons. The van der Waals surface area contributed by atoms with Crippen LogP contribution in [0.25, 0.3) is 0 Å². The van der Waals surface area contributed by atoms with Gasteiger partial charge in [-0.3, -0.25) is 4.79 Å². The van der Waals surface area contributed by atoms with E-state index in [-0.39, 0.29) is 11.9 Å². The highest BCUT2D eigenvalue weighted by atomic mass is 16.5. The van der Waals surface area contributed by atoms with Crippen LogP contribution in [-0.2, 0) is 11.2 Å². The van der Waals surface area contributed by atoms with Gasteiger partial charge in [0.15, 0.2) is 0 Å². The van der Waals surface area contributed by atoms with Gasteiger partial charge in [-0.2, -0.15) is 0 Å². The number of methoxy groups -OCH3 is 1. The van der Waals surface area contributed by atoms with Crippen LogP contribution < -0.4 is 14.8 Å². The number of nitrogens with zero attached hydrogens (tertiary/aromatic N) is 1. The first-order valence-electron chi connectivity index (χ1n) is 8.82.